The molecule has 1 saturated heterocycles. The van der Waals surface area contributed by atoms with Crippen molar-refractivity contribution in [3.63, 3.8) is 0 Å². The number of hydrogen-bond acceptors (Lipinski definition) is 5. The zero-order valence-corrected chi connectivity index (χ0v) is 21.0. The van der Waals surface area contributed by atoms with Crippen LogP contribution in [0.2, 0.25) is 0 Å². The molecule has 1 aliphatic heterocycles. The van der Waals surface area contributed by atoms with Crippen LogP contribution in [0.5, 0.6) is 0 Å². The fraction of sp³-hybridized carbons (Fsp3) is 0.258. The molecular formula is C31H29NO5. The number of fused-ring (bicyclic) bond motifs is 1. The minimum absolute atomic E-state index is 0.0741. The number of methoxy groups -OCH3 is 1. The highest BCUT2D eigenvalue weighted by Gasteiger charge is 2.47. The smallest absolute Gasteiger partial charge is 0.309 e. The SMILES string of the molecule is COC(=O)Cc1ccc(N2C(=O)C(=O)/C(=C(\O)c3ccc4c(c3)CCCC4)C2c2cccc(C)c2)cc1. The molecule has 188 valence electrons. The van der Waals surface area contributed by atoms with Gasteiger partial charge in [0, 0.05) is 11.3 Å². The van der Waals surface area contributed by atoms with Crippen molar-refractivity contribution in [2.45, 2.75) is 45.1 Å². The Labute approximate surface area is 216 Å². The van der Waals surface area contributed by atoms with Gasteiger partial charge in [-0.2, -0.15) is 0 Å². The molecule has 1 aliphatic carbocycles. The van der Waals surface area contributed by atoms with Crippen LogP contribution in [0.1, 0.15) is 52.3 Å². The van der Waals surface area contributed by atoms with Gasteiger partial charge in [0.1, 0.15) is 5.76 Å². The summed E-state index contributed by atoms with van der Waals surface area (Å²) in [5.41, 5.74) is 6.01. The van der Waals surface area contributed by atoms with Crippen molar-refractivity contribution in [1.82, 2.24) is 0 Å². The van der Waals surface area contributed by atoms with E-state index in [1.54, 1.807) is 24.3 Å². The van der Waals surface area contributed by atoms with Crippen molar-refractivity contribution >= 4 is 29.1 Å². The lowest BCUT2D eigenvalue weighted by Crippen LogP contribution is -2.29. The van der Waals surface area contributed by atoms with Gasteiger partial charge in [-0.25, -0.2) is 0 Å². The summed E-state index contributed by atoms with van der Waals surface area (Å²) >= 11 is 0. The molecule has 6 heteroatoms. The van der Waals surface area contributed by atoms with Crippen LogP contribution in [0.25, 0.3) is 5.76 Å². The molecule has 1 unspecified atom stereocenters. The zero-order chi connectivity index (χ0) is 26.1. The van der Waals surface area contributed by atoms with Crippen molar-refractivity contribution in [3.05, 3.63) is 106 Å². The molecule has 1 atom stereocenters. The summed E-state index contributed by atoms with van der Waals surface area (Å²) in [6, 6.07) is 19.5. The van der Waals surface area contributed by atoms with Crippen molar-refractivity contribution < 1.29 is 24.2 Å². The number of Topliss-reactive ketones (excluding diaryl/α,β-unsaturated/α-hetero) is 1. The van der Waals surface area contributed by atoms with E-state index in [9.17, 15) is 19.5 Å². The van der Waals surface area contributed by atoms with Crippen LogP contribution in [0.3, 0.4) is 0 Å². The molecule has 37 heavy (non-hydrogen) atoms. The maximum Gasteiger partial charge on any atom is 0.309 e. The lowest BCUT2D eigenvalue weighted by molar-refractivity contribution is -0.139. The minimum Gasteiger partial charge on any atom is -0.507 e. The van der Waals surface area contributed by atoms with Gasteiger partial charge in [0.25, 0.3) is 11.7 Å². The summed E-state index contributed by atoms with van der Waals surface area (Å²) in [5.74, 6) is -1.95. The Morgan fingerprint density at radius 1 is 0.973 bits per heavy atom. The average Bonchev–Trinajstić information content (AvgIpc) is 3.18. The molecule has 0 aromatic heterocycles. The number of aryl methyl sites for hydroxylation is 3. The first kappa shape index (κ1) is 24.5. The van der Waals surface area contributed by atoms with Crippen LogP contribution in [-0.2, 0) is 38.4 Å². The molecule has 1 N–H and O–H groups in total. The van der Waals surface area contributed by atoms with Gasteiger partial charge in [-0.1, -0.05) is 54.1 Å². The van der Waals surface area contributed by atoms with Crippen LogP contribution in [0, 0.1) is 6.92 Å². The second-order valence-corrected chi connectivity index (χ2v) is 9.69. The van der Waals surface area contributed by atoms with Crippen LogP contribution in [0.15, 0.2) is 72.3 Å². The van der Waals surface area contributed by atoms with E-state index in [1.807, 2.05) is 49.4 Å². The highest BCUT2D eigenvalue weighted by atomic mass is 16.5. The molecule has 0 radical (unpaired) electrons. The van der Waals surface area contributed by atoms with E-state index in [0.29, 0.717) is 11.3 Å². The monoisotopic (exact) mass is 495 g/mol. The number of ketones is 1. The first-order valence-electron chi connectivity index (χ1n) is 12.5. The number of aliphatic hydroxyl groups is 1. The predicted molar refractivity (Wildman–Crippen MR) is 141 cm³/mol. The number of carbonyl (C=O) groups excluding carboxylic acids is 3. The number of ether oxygens (including phenoxy) is 1. The van der Waals surface area contributed by atoms with Crippen molar-refractivity contribution in [1.29, 1.82) is 0 Å². The Hall–Kier alpha value is -4.19. The van der Waals surface area contributed by atoms with E-state index in [0.717, 1.165) is 42.4 Å². The fourth-order valence-corrected chi connectivity index (χ4v) is 5.30. The number of anilines is 1. The Morgan fingerprint density at radius 3 is 2.41 bits per heavy atom. The highest BCUT2D eigenvalue weighted by Crippen LogP contribution is 2.42. The number of nitrogens with zero attached hydrogens (tertiary/aromatic N) is 1. The summed E-state index contributed by atoms with van der Waals surface area (Å²) in [6.45, 7) is 1.95. The van der Waals surface area contributed by atoms with Gasteiger partial charge in [-0.15, -0.1) is 0 Å². The number of rotatable bonds is 5. The molecule has 6 nitrogen and oxygen atoms in total. The van der Waals surface area contributed by atoms with Gasteiger partial charge in [0.2, 0.25) is 0 Å². The molecule has 0 bridgehead atoms. The van der Waals surface area contributed by atoms with Gasteiger partial charge in [0.05, 0.1) is 25.1 Å². The number of esters is 1. The number of benzene rings is 3. The molecule has 1 amide bonds. The summed E-state index contributed by atoms with van der Waals surface area (Å²) in [6.07, 6.45) is 4.29. The zero-order valence-electron chi connectivity index (χ0n) is 21.0. The second-order valence-electron chi connectivity index (χ2n) is 9.69. The Kier molecular flexibility index (Phi) is 6.66. The van der Waals surface area contributed by atoms with Crippen molar-refractivity contribution in [2.75, 3.05) is 12.0 Å². The van der Waals surface area contributed by atoms with Crippen molar-refractivity contribution in [3.8, 4) is 0 Å². The summed E-state index contributed by atoms with van der Waals surface area (Å²) in [7, 11) is 1.33. The average molecular weight is 496 g/mol. The van der Waals surface area contributed by atoms with E-state index in [-0.39, 0.29) is 23.7 Å². The molecule has 0 saturated carbocycles. The van der Waals surface area contributed by atoms with E-state index in [2.05, 4.69) is 0 Å². The number of aliphatic hydroxyl groups excluding tert-OH is 1. The predicted octanol–water partition coefficient (Wildman–Crippen LogP) is 5.22. The largest absolute Gasteiger partial charge is 0.507 e. The molecule has 0 spiro atoms. The van der Waals surface area contributed by atoms with Crippen LogP contribution in [0.4, 0.5) is 5.69 Å². The summed E-state index contributed by atoms with van der Waals surface area (Å²) in [5, 5.41) is 11.5. The third-order valence-corrected chi connectivity index (χ3v) is 7.21. The number of hydrogen-bond donors (Lipinski definition) is 1. The van der Waals surface area contributed by atoms with E-state index < -0.39 is 17.7 Å². The quantitative estimate of drug-likeness (QED) is 0.227. The van der Waals surface area contributed by atoms with Gasteiger partial charge in [0.15, 0.2) is 0 Å². The minimum atomic E-state index is -0.789. The molecule has 3 aromatic carbocycles. The first-order chi connectivity index (χ1) is 17.9. The van der Waals surface area contributed by atoms with E-state index in [1.165, 1.54) is 23.1 Å². The van der Waals surface area contributed by atoms with Crippen molar-refractivity contribution in [2.24, 2.45) is 0 Å². The van der Waals surface area contributed by atoms with Crippen LogP contribution >= 0.6 is 0 Å². The summed E-state index contributed by atoms with van der Waals surface area (Å²) < 4.78 is 4.74. The van der Waals surface area contributed by atoms with E-state index >= 15 is 0 Å². The Balaban J connectivity index is 1.62. The Bertz CT molecular complexity index is 1420. The molecule has 1 fully saturated rings. The lowest BCUT2D eigenvalue weighted by atomic mass is 9.88. The first-order valence-corrected chi connectivity index (χ1v) is 12.5. The van der Waals surface area contributed by atoms with Gasteiger partial charge >= 0.3 is 5.97 Å². The third-order valence-electron chi connectivity index (χ3n) is 7.21. The molecular weight excluding hydrogens is 466 g/mol. The number of amides is 1. The molecule has 2 aliphatic rings. The van der Waals surface area contributed by atoms with Crippen LogP contribution in [-0.4, -0.2) is 29.9 Å². The lowest BCUT2D eigenvalue weighted by Gasteiger charge is -2.26. The normalized spacial score (nSPS) is 18.5. The van der Waals surface area contributed by atoms with Gasteiger partial charge in [-0.05, 0) is 73.1 Å². The van der Waals surface area contributed by atoms with Gasteiger partial charge < -0.3 is 9.84 Å². The summed E-state index contributed by atoms with van der Waals surface area (Å²) in [4.78, 5) is 40.0. The second kappa shape index (κ2) is 10.1. The highest BCUT2D eigenvalue weighted by molar-refractivity contribution is 6.51. The topological polar surface area (TPSA) is 83.9 Å². The number of carbonyl (C=O) groups is 3. The maximum absolute atomic E-state index is 13.4. The van der Waals surface area contributed by atoms with E-state index in [4.69, 9.17) is 4.74 Å². The Morgan fingerprint density at radius 2 is 1.70 bits per heavy atom. The maximum atomic E-state index is 13.4. The molecule has 5 rings (SSSR count). The third kappa shape index (κ3) is 4.67. The molecule has 3 aromatic rings. The standard InChI is InChI=1S/C31H29NO5/c1-19-6-5-9-23(16-19)28-27(29(34)24-13-12-21-7-3-4-8-22(21)18-24)30(35)31(36)32(28)25-14-10-20(11-15-25)17-26(33)37-2/h5-6,9-16,18,28,34H,3-4,7-8,17H2,1-2H3/b29-27-. The van der Waals surface area contributed by atoms with Gasteiger partial charge in [-0.3, -0.25) is 19.3 Å². The molecule has 1 heterocycles. The van der Waals surface area contributed by atoms with Crippen LogP contribution < -0.4 is 4.90 Å². The fourth-order valence-electron chi connectivity index (χ4n) is 5.30.